The largest absolute Gasteiger partial charge is 0.302 e. The second-order valence-electron chi connectivity index (χ2n) is 2.74. The Hall–Kier alpha value is -0.860. The Balaban J connectivity index is 3.52. The first-order valence-corrected chi connectivity index (χ1v) is 6.53. The first kappa shape index (κ1) is 12.2. The van der Waals surface area contributed by atoms with Gasteiger partial charge in [0.25, 0.3) is 0 Å². The van der Waals surface area contributed by atoms with Gasteiger partial charge in [0.2, 0.25) is 0 Å². The van der Waals surface area contributed by atoms with Crippen molar-refractivity contribution in [1.29, 1.82) is 0 Å². The highest BCUT2D eigenvalue weighted by molar-refractivity contribution is 7.90. The minimum absolute atomic E-state index is 0.502. The van der Waals surface area contributed by atoms with Gasteiger partial charge in [-0.25, -0.2) is 21.4 Å². The molecule has 0 fully saturated rings. The third-order valence-electron chi connectivity index (χ3n) is 1.57. The van der Waals surface area contributed by atoms with Crippen molar-refractivity contribution in [3.63, 3.8) is 0 Å². The van der Waals surface area contributed by atoms with Crippen LogP contribution in [0.4, 0.5) is 8.78 Å². The molecule has 15 heavy (non-hydrogen) atoms. The summed E-state index contributed by atoms with van der Waals surface area (Å²) in [5.74, 6) is -2.73. The van der Waals surface area contributed by atoms with Gasteiger partial charge in [-0.2, -0.15) is 0 Å². The lowest BCUT2D eigenvalue weighted by Gasteiger charge is -2.03. The summed E-state index contributed by atoms with van der Waals surface area (Å²) in [6, 6.07) is 1.00. The molecule has 1 atom stereocenters. The SMILES string of the molecule is CS(=O)(=O)c1cc(F)c(S(=O)O)c(F)c1. The van der Waals surface area contributed by atoms with Gasteiger partial charge in [0.15, 0.2) is 20.9 Å². The number of halogens is 2. The van der Waals surface area contributed by atoms with Gasteiger partial charge < -0.3 is 4.55 Å². The van der Waals surface area contributed by atoms with E-state index in [1.54, 1.807) is 0 Å². The molecule has 84 valence electrons. The van der Waals surface area contributed by atoms with Crippen LogP contribution in [0.25, 0.3) is 0 Å². The van der Waals surface area contributed by atoms with Crippen LogP contribution < -0.4 is 0 Å². The van der Waals surface area contributed by atoms with Crippen LogP contribution in [0.15, 0.2) is 21.9 Å². The average Bonchev–Trinajstić information content (AvgIpc) is 1.99. The van der Waals surface area contributed by atoms with Gasteiger partial charge in [-0.15, -0.1) is 0 Å². The fourth-order valence-corrected chi connectivity index (χ4v) is 2.00. The summed E-state index contributed by atoms with van der Waals surface area (Å²) in [6.07, 6.45) is 0.775. The first-order valence-electron chi connectivity index (χ1n) is 3.53. The molecular formula is C7H6F2O4S2. The van der Waals surface area contributed by atoms with Crippen molar-refractivity contribution in [3.05, 3.63) is 23.8 Å². The monoisotopic (exact) mass is 256 g/mol. The normalized spacial score (nSPS) is 13.9. The maximum atomic E-state index is 13.0. The molecule has 0 radical (unpaired) electrons. The Labute approximate surface area is 87.1 Å². The Morgan fingerprint density at radius 3 is 1.93 bits per heavy atom. The van der Waals surface area contributed by atoms with Crippen LogP contribution >= 0.6 is 0 Å². The number of sulfone groups is 1. The zero-order chi connectivity index (χ0) is 11.8. The highest BCUT2D eigenvalue weighted by Crippen LogP contribution is 2.20. The topological polar surface area (TPSA) is 71.4 Å². The molecule has 1 aromatic rings. The number of benzene rings is 1. The summed E-state index contributed by atoms with van der Waals surface area (Å²) in [5, 5.41) is 0. The third kappa shape index (κ3) is 2.58. The molecule has 0 saturated carbocycles. The van der Waals surface area contributed by atoms with E-state index in [9.17, 15) is 21.4 Å². The van der Waals surface area contributed by atoms with Crippen molar-refractivity contribution < 1.29 is 26.0 Å². The highest BCUT2D eigenvalue weighted by atomic mass is 32.2. The van der Waals surface area contributed by atoms with E-state index < -0.39 is 42.3 Å². The molecule has 8 heteroatoms. The summed E-state index contributed by atoms with van der Waals surface area (Å²) in [6.45, 7) is 0. The quantitative estimate of drug-likeness (QED) is 0.800. The standard InChI is InChI=1S/C7H6F2O4S2/c1-15(12,13)4-2-5(8)7(14(10)11)6(9)3-4/h2-3H,1H3,(H,10,11). The van der Waals surface area contributed by atoms with Crippen LogP contribution in [0.3, 0.4) is 0 Å². The van der Waals surface area contributed by atoms with Crippen molar-refractivity contribution in [2.24, 2.45) is 0 Å². The lowest BCUT2D eigenvalue weighted by atomic mass is 10.3. The lowest BCUT2D eigenvalue weighted by molar-refractivity contribution is 0.501. The smallest absolute Gasteiger partial charge is 0.192 e. The molecule has 0 amide bonds. The maximum Gasteiger partial charge on any atom is 0.192 e. The van der Waals surface area contributed by atoms with Gasteiger partial charge in [-0.3, -0.25) is 0 Å². The maximum absolute atomic E-state index is 13.0. The Morgan fingerprint density at radius 1 is 1.27 bits per heavy atom. The summed E-state index contributed by atoms with van der Waals surface area (Å²) < 4.78 is 67.0. The summed E-state index contributed by atoms with van der Waals surface area (Å²) >= 11 is -2.83. The molecule has 0 aliphatic carbocycles. The number of rotatable bonds is 2. The number of hydrogen-bond acceptors (Lipinski definition) is 3. The molecule has 4 nitrogen and oxygen atoms in total. The van der Waals surface area contributed by atoms with Crippen molar-refractivity contribution in [2.75, 3.05) is 6.26 Å². The Bertz CT molecular complexity index is 501. The zero-order valence-electron chi connectivity index (χ0n) is 7.40. The Kier molecular flexibility index (Phi) is 3.22. The van der Waals surface area contributed by atoms with Crippen LogP contribution in [0.2, 0.25) is 0 Å². The van der Waals surface area contributed by atoms with Gasteiger partial charge in [0.05, 0.1) is 4.90 Å². The molecule has 0 heterocycles. The second kappa shape index (κ2) is 3.95. The summed E-state index contributed by atoms with van der Waals surface area (Å²) in [7, 11) is -3.75. The fraction of sp³-hybridized carbons (Fsp3) is 0.143. The van der Waals surface area contributed by atoms with Gasteiger partial charge in [0.1, 0.15) is 16.5 Å². The summed E-state index contributed by atoms with van der Waals surface area (Å²) in [4.78, 5) is -1.63. The highest BCUT2D eigenvalue weighted by Gasteiger charge is 2.19. The predicted octanol–water partition coefficient (Wildman–Crippen LogP) is 0.949. The van der Waals surface area contributed by atoms with Crippen molar-refractivity contribution in [2.45, 2.75) is 9.79 Å². The van der Waals surface area contributed by atoms with Crippen molar-refractivity contribution in [1.82, 2.24) is 0 Å². The van der Waals surface area contributed by atoms with E-state index in [2.05, 4.69) is 0 Å². The molecule has 0 bridgehead atoms. The molecule has 1 N–H and O–H groups in total. The van der Waals surface area contributed by atoms with Gasteiger partial charge in [-0.05, 0) is 12.1 Å². The van der Waals surface area contributed by atoms with Crippen LogP contribution in [0.5, 0.6) is 0 Å². The van der Waals surface area contributed by atoms with E-state index in [1.165, 1.54) is 0 Å². The van der Waals surface area contributed by atoms with Crippen molar-refractivity contribution >= 4 is 20.9 Å². The summed E-state index contributed by atoms with van der Waals surface area (Å²) in [5.41, 5.74) is 0. The van der Waals surface area contributed by atoms with Crippen LogP contribution in [-0.2, 0) is 20.9 Å². The molecule has 1 unspecified atom stereocenters. The van der Waals surface area contributed by atoms with Crippen LogP contribution in [0, 0.1) is 11.6 Å². The minimum atomic E-state index is -3.75. The second-order valence-corrected chi connectivity index (χ2v) is 5.66. The lowest BCUT2D eigenvalue weighted by Crippen LogP contribution is -2.04. The first-order chi connectivity index (χ1) is 6.73. The van der Waals surface area contributed by atoms with Gasteiger partial charge in [0, 0.05) is 6.26 Å². The number of hydrogen-bond donors (Lipinski definition) is 1. The molecular weight excluding hydrogens is 250 g/mol. The molecule has 1 rings (SSSR count). The zero-order valence-corrected chi connectivity index (χ0v) is 9.03. The predicted molar refractivity (Wildman–Crippen MR) is 48.5 cm³/mol. The van der Waals surface area contributed by atoms with E-state index >= 15 is 0 Å². The minimum Gasteiger partial charge on any atom is -0.302 e. The molecule has 1 aromatic carbocycles. The third-order valence-corrected chi connectivity index (χ3v) is 3.41. The average molecular weight is 256 g/mol. The van der Waals surface area contributed by atoms with E-state index in [4.69, 9.17) is 4.55 Å². The molecule has 0 aromatic heterocycles. The molecule has 0 saturated heterocycles. The van der Waals surface area contributed by atoms with Crippen LogP contribution in [-0.4, -0.2) is 23.4 Å². The van der Waals surface area contributed by atoms with E-state index in [1.807, 2.05) is 0 Å². The van der Waals surface area contributed by atoms with Crippen LogP contribution in [0.1, 0.15) is 0 Å². The fourth-order valence-electron chi connectivity index (χ4n) is 0.918. The molecule has 0 spiro atoms. The Morgan fingerprint density at radius 2 is 1.67 bits per heavy atom. The van der Waals surface area contributed by atoms with E-state index in [0.29, 0.717) is 12.1 Å². The van der Waals surface area contributed by atoms with E-state index in [-0.39, 0.29) is 0 Å². The van der Waals surface area contributed by atoms with Gasteiger partial charge >= 0.3 is 0 Å². The van der Waals surface area contributed by atoms with E-state index in [0.717, 1.165) is 6.26 Å². The van der Waals surface area contributed by atoms with Gasteiger partial charge in [-0.1, -0.05) is 0 Å². The molecule has 0 aliphatic rings. The van der Waals surface area contributed by atoms with Crippen molar-refractivity contribution in [3.8, 4) is 0 Å². The molecule has 0 aliphatic heterocycles.